The molecule has 0 fully saturated rings. The minimum atomic E-state index is -3.40. The van der Waals surface area contributed by atoms with Crippen molar-refractivity contribution >= 4 is 7.67 Å². The summed E-state index contributed by atoms with van der Waals surface area (Å²) in [6.45, 7) is 0. The Morgan fingerprint density at radius 1 is 1.43 bits per heavy atom. The first kappa shape index (κ1) is 7.11. The lowest BCUT2D eigenvalue weighted by Gasteiger charge is -2.19. The van der Waals surface area contributed by atoms with Crippen molar-refractivity contribution in [2.45, 2.75) is 0 Å². The maximum Gasteiger partial charge on any atom is 0.143 e. The maximum absolute atomic E-state index is 10.2. The summed E-state index contributed by atoms with van der Waals surface area (Å²) in [6, 6.07) is 0. The predicted octanol–water partition coefficient (Wildman–Crippen LogP) is -1.11. The van der Waals surface area contributed by atoms with Crippen LogP contribution in [0.2, 0.25) is 0 Å². The van der Waals surface area contributed by atoms with Crippen molar-refractivity contribution in [2.75, 3.05) is 14.1 Å². The molecule has 4 nitrogen and oxygen atoms in total. The van der Waals surface area contributed by atoms with E-state index in [1.54, 1.807) is 0 Å². The van der Waals surface area contributed by atoms with E-state index in [1.165, 1.54) is 14.1 Å². The lowest BCUT2D eigenvalue weighted by atomic mass is 11.6. The highest BCUT2D eigenvalue weighted by atomic mass is 31.2. The second-order valence-electron chi connectivity index (χ2n) is 0.999. The fourth-order valence-corrected chi connectivity index (χ4v) is 0.335. The molecule has 0 bridgehead atoms. The van der Waals surface area contributed by atoms with E-state index in [1.807, 2.05) is 0 Å². The van der Waals surface area contributed by atoms with Crippen molar-refractivity contribution in [1.29, 1.82) is 0 Å². The summed E-state index contributed by atoms with van der Waals surface area (Å²) < 4.78 is 10.2. The van der Waals surface area contributed by atoms with Gasteiger partial charge in [0.25, 0.3) is 0 Å². The highest BCUT2D eigenvalue weighted by Gasteiger charge is 1.93. The van der Waals surface area contributed by atoms with Crippen LogP contribution in [0.15, 0.2) is 0 Å². The van der Waals surface area contributed by atoms with E-state index < -0.39 is 7.67 Å². The van der Waals surface area contributed by atoms with Crippen LogP contribution in [-0.2, 0) is 4.57 Å². The molecular weight excluding hydrogens is 115 g/mol. The van der Waals surface area contributed by atoms with Gasteiger partial charge in [-0.05, 0) is 14.1 Å². The number of hydrogen-bond acceptors (Lipinski definition) is 2. The van der Waals surface area contributed by atoms with E-state index in [4.69, 9.17) is 0 Å². The molecule has 0 heterocycles. The van der Waals surface area contributed by atoms with Gasteiger partial charge in [-0.15, -0.1) is 0 Å². The van der Waals surface area contributed by atoms with E-state index in [9.17, 15) is 9.46 Å². The predicted molar refractivity (Wildman–Crippen MR) is 25.7 cm³/mol. The van der Waals surface area contributed by atoms with Gasteiger partial charge < -0.3 is 9.46 Å². The molecule has 0 atom stereocenters. The van der Waals surface area contributed by atoms with E-state index in [0.29, 0.717) is 0 Å². The van der Waals surface area contributed by atoms with Gasteiger partial charge in [0.2, 0.25) is 0 Å². The highest BCUT2D eigenvalue weighted by Crippen LogP contribution is 2.19. The summed E-state index contributed by atoms with van der Waals surface area (Å²) >= 11 is 0. The van der Waals surface area contributed by atoms with Gasteiger partial charge in [0.1, 0.15) is 7.67 Å². The van der Waals surface area contributed by atoms with Crippen LogP contribution in [0, 0.1) is 0 Å². The van der Waals surface area contributed by atoms with Crippen LogP contribution in [0.5, 0.6) is 0 Å². The molecule has 0 aromatic carbocycles. The first-order valence-corrected chi connectivity index (χ1v) is 3.44. The summed E-state index contributed by atoms with van der Waals surface area (Å²) in [6.07, 6.45) is 0. The van der Waals surface area contributed by atoms with Crippen LogP contribution in [-0.4, -0.2) is 14.1 Å². The molecule has 0 saturated heterocycles. The van der Waals surface area contributed by atoms with Crippen LogP contribution < -0.4 is 15.1 Å². The Bertz CT molecular complexity index is 85.7. The number of nitrogens with one attached hydrogen (secondary N) is 2. The Balaban J connectivity index is 3.61. The second-order valence-corrected chi connectivity index (χ2v) is 3.00. The maximum atomic E-state index is 10.2. The average Bonchev–Trinajstić information content (AvgIpc) is 1.68. The molecule has 0 rings (SSSR count). The molecule has 44 valence electrons. The van der Waals surface area contributed by atoms with Gasteiger partial charge in [-0.3, -0.25) is 10.2 Å². The van der Waals surface area contributed by atoms with E-state index in [-0.39, 0.29) is 0 Å². The third-order valence-electron chi connectivity index (χ3n) is 0.589. The quantitative estimate of drug-likeness (QED) is 0.457. The summed E-state index contributed by atoms with van der Waals surface area (Å²) in [4.78, 5) is 10.2. The largest absolute Gasteiger partial charge is 0.776 e. The minimum Gasteiger partial charge on any atom is -0.776 e. The Labute approximate surface area is 42.5 Å². The van der Waals surface area contributed by atoms with Gasteiger partial charge >= 0.3 is 0 Å². The van der Waals surface area contributed by atoms with Crippen molar-refractivity contribution in [3.05, 3.63) is 0 Å². The molecule has 0 aromatic heterocycles. The fourth-order valence-electron chi connectivity index (χ4n) is 0.112. The molecule has 0 spiro atoms. The molecule has 0 saturated carbocycles. The van der Waals surface area contributed by atoms with Gasteiger partial charge in [0.05, 0.1) is 0 Å². The third-order valence-corrected chi connectivity index (χ3v) is 1.77. The zero-order chi connectivity index (χ0) is 5.91. The molecule has 0 aromatic rings. The van der Waals surface area contributed by atoms with Gasteiger partial charge in [-0.25, -0.2) is 0 Å². The van der Waals surface area contributed by atoms with Crippen molar-refractivity contribution in [3.63, 3.8) is 0 Å². The SMILES string of the molecule is CNP(=O)([O-])NC. The first-order valence-electron chi connectivity index (χ1n) is 1.81. The topological polar surface area (TPSA) is 64.2 Å². The third kappa shape index (κ3) is 2.76. The zero-order valence-electron chi connectivity index (χ0n) is 4.26. The normalized spacial score (nSPS) is 11.9. The summed E-state index contributed by atoms with van der Waals surface area (Å²) in [5.74, 6) is 0. The summed E-state index contributed by atoms with van der Waals surface area (Å²) in [7, 11) is -0.701. The number of hydrogen-bond donors (Lipinski definition) is 2. The minimum absolute atomic E-state index is 1.35. The Kier molecular flexibility index (Phi) is 2.46. The van der Waals surface area contributed by atoms with Crippen LogP contribution in [0.3, 0.4) is 0 Å². The summed E-state index contributed by atoms with van der Waals surface area (Å²) in [5, 5.41) is 4.16. The van der Waals surface area contributed by atoms with Crippen LogP contribution in [0.25, 0.3) is 0 Å². The molecule has 0 aliphatic rings. The average molecular weight is 123 g/mol. The van der Waals surface area contributed by atoms with E-state index in [2.05, 4.69) is 10.2 Å². The van der Waals surface area contributed by atoms with E-state index >= 15 is 0 Å². The summed E-state index contributed by atoms with van der Waals surface area (Å²) in [5.41, 5.74) is 0. The van der Waals surface area contributed by atoms with Crippen LogP contribution in [0.4, 0.5) is 0 Å². The van der Waals surface area contributed by atoms with Crippen molar-refractivity contribution < 1.29 is 9.46 Å². The second kappa shape index (κ2) is 2.43. The van der Waals surface area contributed by atoms with Crippen molar-refractivity contribution in [2.24, 2.45) is 0 Å². The van der Waals surface area contributed by atoms with Crippen molar-refractivity contribution in [1.82, 2.24) is 10.2 Å². The lowest BCUT2D eigenvalue weighted by molar-refractivity contribution is -0.180. The molecule has 0 amide bonds. The molecular formula is C2H8N2O2P-. The Morgan fingerprint density at radius 2 is 1.71 bits per heavy atom. The Morgan fingerprint density at radius 3 is 1.71 bits per heavy atom. The molecule has 0 radical (unpaired) electrons. The molecule has 7 heavy (non-hydrogen) atoms. The van der Waals surface area contributed by atoms with Crippen LogP contribution in [0.1, 0.15) is 0 Å². The smallest absolute Gasteiger partial charge is 0.143 e. The van der Waals surface area contributed by atoms with Gasteiger partial charge in [0, 0.05) is 0 Å². The van der Waals surface area contributed by atoms with Gasteiger partial charge in [0.15, 0.2) is 0 Å². The van der Waals surface area contributed by atoms with Gasteiger partial charge in [-0.1, -0.05) is 0 Å². The molecule has 0 aliphatic heterocycles. The number of rotatable bonds is 2. The Hall–Kier alpha value is 0.110. The lowest BCUT2D eigenvalue weighted by Crippen LogP contribution is -2.24. The molecule has 0 unspecified atom stereocenters. The van der Waals surface area contributed by atoms with E-state index in [0.717, 1.165) is 0 Å². The molecule has 0 aliphatic carbocycles. The fraction of sp³-hybridized carbons (Fsp3) is 1.00. The van der Waals surface area contributed by atoms with Crippen molar-refractivity contribution in [3.8, 4) is 0 Å². The highest BCUT2D eigenvalue weighted by molar-refractivity contribution is 7.52. The zero-order valence-corrected chi connectivity index (χ0v) is 5.16. The molecule has 2 N–H and O–H groups in total. The standard InChI is InChI=1S/C2H9N2O2P/c1-3-7(5,6)4-2/h1-2H3,(H3,3,4,5,6)/p-1. The van der Waals surface area contributed by atoms with Crippen LogP contribution >= 0.6 is 7.67 Å². The monoisotopic (exact) mass is 123 g/mol. The van der Waals surface area contributed by atoms with Gasteiger partial charge in [-0.2, -0.15) is 0 Å². The molecule has 5 heteroatoms. The first-order chi connectivity index (χ1) is 3.12.